The van der Waals surface area contributed by atoms with Gasteiger partial charge in [0.25, 0.3) is 0 Å². The van der Waals surface area contributed by atoms with Gasteiger partial charge in [-0.25, -0.2) is 4.79 Å². The fraction of sp³-hybridized carbons (Fsp3) is 0.286. The second-order valence-electron chi connectivity index (χ2n) is 7.45. The summed E-state index contributed by atoms with van der Waals surface area (Å²) < 4.78 is 5.53. The normalized spacial score (nSPS) is 12.8. The Morgan fingerprint density at radius 1 is 0.917 bits per heavy atom. The van der Waals surface area contributed by atoms with E-state index in [0.29, 0.717) is 0 Å². The Kier molecular flexibility index (Phi) is 5.45. The van der Waals surface area contributed by atoms with Crippen molar-refractivity contribution in [1.82, 2.24) is 0 Å². The molecule has 2 rings (SSSR count). The first-order valence-corrected chi connectivity index (χ1v) is 11.3. The van der Waals surface area contributed by atoms with Gasteiger partial charge in [-0.2, -0.15) is 0 Å². The molecule has 0 unspecified atom stereocenters. The minimum absolute atomic E-state index is 0.280. The van der Waals surface area contributed by atoms with E-state index in [-0.39, 0.29) is 5.97 Å². The van der Waals surface area contributed by atoms with Crippen molar-refractivity contribution in [3.05, 3.63) is 72.3 Å². The first-order chi connectivity index (χ1) is 11.2. The summed E-state index contributed by atoms with van der Waals surface area (Å²) in [5.41, 5.74) is 0.595. The van der Waals surface area contributed by atoms with Gasteiger partial charge in [-0.05, 0) is 31.5 Å². The third-order valence-electron chi connectivity index (χ3n) is 3.92. The number of carbonyl (C=O) groups is 1. The molecular weight excluding hydrogens is 312 g/mol. The van der Waals surface area contributed by atoms with Crippen molar-refractivity contribution in [3.8, 4) is 0 Å². The molecule has 3 heteroatoms. The number of benzene rings is 2. The van der Waals surface area contributed by atoms with Crippen molar-refractivity contribution in [2.45, 2.75) is 39.5 Å². The predicted octanol–water partition coefficient (Wildman–Crippen LogP) is 4.57. The first-order valence-electron chi connectivity index (χ1n) is 8.26. The van der Waals surface area contributed by atoms with Gasteiger partial charge in [0.05, 0.1) is 0 Å². The van der Waals surface area contributed by atoms with Crippen LogP contribution < -0.4 is 5.19 Å². The summed E-state index contributed by atoms with van der Waals surface area (Å²) in [5.74, 6) is -0.280. The molecule has 0 aliphatic heterocycles. The van der Waals surface area contributed by atoms with Crippen LogP contribution in [0.1, 0.15) is 26.3 Å². The molecule has 0 saturated heterocycles. The van der Waals surface area contributed by atoms with Crippen LogP contribution in [0.2, 0.25) is 13.1 Å². The van der Waals surface area contributed by atoms with Crippen LogP contribution in [0.5, 0.6) is 0 Å². The van der Waals surface area contributed by atoms with Gasteiger partial charge in [-0.1, -0.05) is 78.9 Å². The Hall–Kier alpha value is -2.13. The van der Waals surface area contributed by atoms with Crippen LogP contribution in [-0.4, -0.2) is 19.6 Å². The summed E-state index contributed by atoms with van der Waals surface area (Å²) >= 11 is 0. The fourth-order valence-electron chi connectivity index (χ4n) is 2.70. The molecule has 0 amide bonds. The molecule has 0 atom stereocenters. The minimum Gasteiger partial charge on any atom is -0.457 e. The largest absolute Gasteiger partial charge is 0.457 e. The molecule has 0 fully saturated rings. The van der Waals surface area contributed by atoms with Crippen molar-refractivity contribution in [2.75, 3.05) is 0 Å². The Bertz CT molecular complexity index is 711. The van der Waals surface area contributed by atoms with E-state index in [4.69, 9.17) is 4.74 Å². The average Bonchev–Trinajstić information content (AvgIpc) is 2.52. The van der Waals surface area contributed by atoms with Crippen molar-refractivity contribution < 1.29 is 9.53 Å². The van der Waals surface area contributed by atoms with Crippen LogP contribution in [0.25, 0.3) is 5.20 Å². The molecule has 0 aliphatic rings. The Morgan fingerprint density at radius 3 is 1.92 bits per heavy atom. The van der Waals surface area contributed by atoms with E-state index in [1.54, 1.807) is 6.08 Å². The molecule has 0 heterocycles. The van der Waals surface area contributed by atoms with Crippen molar-refractivity contribution in [3.63, 3.8) is 0 Å². The highest BCUT2D eigenvalue weighted by Gasteiger charge is 2.30. The fourth-order valence-corrected chi connectivity index (χ4v) is 5.41. The Labute approximate surface area is 146 Å². The summed E-state index contributed by atoms with van der Waals surface area (Å²) in [5, 5.41) is 2.38. The van der Waals surface area contributed by atoms with Gasteiger partial charge < -0.3 is 4.74 Å². The third-order valence-corrected chi connectivity index (χ3v) is 7.48. The van der Waals surface area contributed by atoms with Gasteiger partial charge >= 0.3 is 5.97 Å². The highest BCUT2D eigenvalue weighted by Crippen LogP contribution is 2.26. The van der Waals surface area contributed by atoms with Crippen LogP contribution in [0.4, 0.5) is 0 Å². The quantitative estimate of drug-likeness (QED) is 0.464. The Balaban J connectivity index is 2.50. The standard InChI is InChI=1S/C21H26O2Si/c1-21(2,3)23-20(22)16-19(17-12-8-6-9-13-17)24(4,5)18-14-10-7-11-15-18/h6-16H,1-5H3/b19-16+. The molecule has 0 aliphatic carbocycles. The lowest BCUT2D eigenvalue weighted by molar-refractivity contribution is -0.148. The molecule has 24 heavy (non-hydrogen) atoms. The van der Waals surface area contributed by atoms with E-state index in [1.807, 2.05) is 45.0 Å². The molecule has 0 radical (unpaired) electrons. The third kappa shape index (κ3) is 4.68. The lowest BCUT2D eigenvalue weighted by Crippen LogP contribution is -2.43. The van der Waals surface area contributed by atoms with E-state index in [9.17, 15) is 4.79 Å². The van der Waals surface area contributed by atoms with E-state index in [2.05, 4.69) is 49.5 Å². The SMILES string of the molecule is CC(C)(C)OC(=O)/C=C(\c1ccccc1)[Si](C)(C)c1ccccc1. The predicted molar refractivity (Wildman–Crippen MR) is 104 cm³/mol. The molecule has 126 valence electrons. The highest BCUT2D eigenvalue weighted by atomic mass is 28.3. The molecule has 0 saturated carbocycles. The van der Waals surface area contributed by atoms with Gasteiger partial charge in [0.15, 0.2) is 0 Å². The van der Waals surface area contributed by atoms with E-state index >= 15 is 0 Å². The number of hydrogen-bond donors (Lipinski definition) is 0. The van der Waals surface area contributed by atoms with Crippen LogP contribution >= 0.6 is 0 Å². The molecule has 0 N–H and O–H groups in total. The summed E-state index contributed by atoms with van der Waals surface area (Å²) in [4.78, 5) is 12.4. The topological polar surface area (TPSA) is 26.3 Å². The van der Waals surface area contributed by atoms with Gasteiger partial charge in [0, 0.05) is 6.08 Å². The summed E-state index contributed by atoms with van der Waals surface area (Å²) in [6.45, 7) is 10.2. The zero-order chi connectivity index (χ0) is 17.8. The molecule has 0 aromatic heterocycles. The number of rotatable bonds is 4. The van der Waals surface area contributed by atoms with Gasteiger partial charge in [-0.15, -0.1) is 0 Å². The van der Waals surface area contributed by atoms with Crippen LogP contribution in [0, 0.1) is 0 Å². The second kappa shape index (κ2) is 7.18. The maximum atomic E-state index is 12.4. The second-order valence-corrected chi connectivity index (χ2v) is 11.8. The van der Waals surface area contributed by atoms with Crippen molar-refractivity contribution >= 4 is 24.4 Å². The minimum atomic E-state index is -2.03. The van der Waals surface area contributed by atoms with Crippen LogP contribution in [-0.2, 0) is 9.53 Å². The van der Waals surface area contributed by atoms with Crippen molar-refractivity contribution in [1.29, 1.82) is 0 Å². The lowest BCUT2D eigenvalue weighted by Gasteiger charge is -2.27. The summed E-state index contributed by atoms with van der Waals surface area (Å²) in [6, 6.07) is 20.6. The van der Waals surface area contributed by atoms with Gasteiger partial charge in [0.2, 0.25) is 0 Å². The highest BCUT2D eigenvalue weighted by molar-refractivity contribution is 7.04. The number of esters is 1. The molecule has 0 bridgehead atoms. The van der Waals surface area contributed by atoms with Crippen LogP contribution in [0.3, 0.4) is 0 Å². The molecule has 2 aromatic carbocycles. The lowest BCUT2D eigenvalue weighted by atomic mass is 10.2. The summed E-state index contributed by atoms with van der Waals surface area (Å²) in [6.07, 6.45) is 1.69. The maximum Gasteiger partial charge on any atom is 0.331 e. The maximum absolute atomic E-state index is 12.4. The average molecular weight is 339 g/mol. The zero-order valence-corrected chi connectivity index (χ0v) is 16.2. The smallest absolute Gasteiger partial charge is 0.331 e. The monoisotopic (exact) mass is 338 g/mol. The number of hydrogen-bond acceptors (Lipinski definition) is 2. The summed E-state index contributed by atoms with van der Waals surface area (Å²) in [7, 11) is -2.03. The molecule has 0 spiro atoms. The van der Waals surface area contributed by atoms with Gasteiger partial charge in [0.1, 0.15) is 13.7 Å². The van der Waals surface area contributed by atoms with E-state index < -0.39 is 13.7 Å². The zero-order valence-electron chi connectivity index (χ0n) is 15.2. The number of ether oxygens (including phenoxy) is 1. The van der Waals surface area contributed by atoms with Crippen molar-refractivity contribution in [2.24, 2.45) is 0 Å². The first kappa shape index (κ1) is 18.2. The molecule has 2 nitrogen and oxygen atoms in total. The van der Waals surface area contributed by atoms with E-state index in [1.165, 1.54) is 5.19 Å². The van der Waals surface area contributed by atoms with Crippen LogP contribution in [0.15, 0.2) is 66.7 Å². The molecular formula is C21H26O2Si. The van der Waals surface area contributed by atoms with Gasteiger partial charge in [-0.3, -0.25) is 0 Å². The number of carbonyl (C=O) groups excluding carboxylic acids is 1. The Morgan fingerprint density at radius 2 is 1.42 bits per heavy atom. The molecule has 2 aromatic rings. The van der Waals surface area contributed by atoms with E-state index in [0.717, 1.165) is 10.8 Å².